The Morgan fingerprint density at radius 2 is 1.38 bits per heavy atom. The molecule has 4 unspecified atom stereocenters. The van der Waals surface area contributed by atoms with Crippen LogP contribution in [-0.2, 0) is 54.1 Å². The van der Waals surface area contributed by atoms with Crippen LogP contribution in [0.5, 0.6) is 5.75 Å². The maximum Gasteiger partial charge on any atom is 0.514 e. The average Bonchev–Trinajstić information content (AvgIpc) is 2.74. The number of fused-ring (bicyclic) bond motifs is 5. The second-order valence-electron chi connectivity index (χ2n) is 20.9. The van der Waals surface area contributed by atoms with Crippen LogP contribution < -0.4 is 10.1 Å². The molecule has 0 aromatic heterocycles. The number of nitro groups is 1. The first kappa shape index (κ1) is 56.0. The lowest BCUT2D eigenvalue weighted by Gasteiger charge is -2.64. The molecule has 0 spiro atoms. The fourth-order valence-electron chi connectivity index (χ4n) is 11.7. The van der Waals surface area contributed by atoms with Gasteiger partial charge in [0.15, 0.2) is 11.9 Å². The summed E-state index contributed by atoms with van der Waals surface area (Å²) in [6.07, 6.45) is -12.9. The summed E-state index contributed by atoms with van der Waals surface area (Å²) in [5, 5.41) is 28.3. The highest BCUT2D eigenvalue weighted by atomic mass is 16.7. The van der Waals surface area contributed by atoms with Crippen LogP contribution >= 0.6 is 0 Å². The van der Waals surface area contributed by atoms with E-state index in [2.05, 4.69) is 5.32 Å². The van der Waals surface area contributed by atoms with Crippen molar-refractivity contribution in [3.05, 3.63) is 189 Å². The second-order valence-corrected chi connectivity index (χ2v) is 20.9. The molecule has 2 bridgehead atoms. The lowest BCUT2D eigenvalue weighted by Crippen LogP contribution is -2.75. The third-order valence-corrected chi connectivity index (χ3v) is 15.9. The van der Waals surface area contributed by atoms with Crippen LogP contribution in [0.4, 0.5) is 15.3 Å². The summed E-state index contributed by atoms with van der Waals surface area (Å²) < 4.78 is 48.0. The number of non-ortho nitro benzene ring substituents is 1. The minimum Gasteiger partial charge on any atom is -0.455 e. The molecule has 4 aliphatic rings. The lowest BCUT2D eigenvalue weighted by molar-refractivity contribution is -0.384. The van der Waals surface area contributed by atoms with Crippen molar-refractivity contribution in [2.75, 3.05) is 6.61 Å². The number of aliphatic hydroxyl groups is 1. The number of esters is 3. The summed E-state index contributed by atoms with van der Waals surface area (Å²) in [7, 11) is 0. The third-order valence-electron chi connectivity index (χ3n) is 15.9. The molecular formula is C60H58N2O18. The maximum absolute atomic E-state index is 16.2. The van der Waals surface area contributed by atoms with Crippen molar-refractivity contribution in [1.82, 2.24) is 5.32 Å². The summed E-state index contributed by atoms with van der Waals surface area (Å²) in [5.74, 6) is -6.77. The molecule has 3 fully saturated rings. The van der Waals surface area contributed by atoms with Crippen LogP contribution in [0, 0.1) is 32.8 Å². The van der Waals surface area contributed by atoms with Gasteiger partial charge in [-0.3, -0.25) is 24.5 Å². The Bertz CT molecular complexity index is 3190. The molecule has 2 N–H and O–H groups in total. The Morgan fingerprint density at radius 1 is 0.775 bits per heavy atom. The molecule has 20 heteroatoms. The fourth-order valence-corrected chi connectivity index (χ4v) is 11.7. The highest BCUT2D eigenvalue weighted by Crippen LogP contribution is 2.63. The highest BCUT2D eigenvalue weighted by Gasteiger charge is 2.73. The van der Waals surface area contributed by atoms with Gasteiger partial charge in [-0.15, -0.1) is 0 Å². The zero-order valence-corrected chi connectivity index (χ0v) is 44.2. The van der Waals surface area contributed by atoms with Crippen molar-refractivity contribution < 1.29 is 81.5 Å². The van der Waals surface area contributed by atoms with Crippen LogP contribution in [0.25, 0.3) is 0 Å². The Kier molecular flexibility index (Phi) is 16.0. The first-order valence-electron chi connectivity index (χ1n) is 25.9. The third kappa shape index (κ3) is 11.0. The van der Waals surface area contributed by atoms with Gasteiger partial charge < -0.3 is 48.3 Å². The zero-order chi connectivity index (χ0) is 57.1. The topological polar surface area (TPSA) is 269 Å². The van der Waals surface area contributed by atoms with Crippen molar-refractivity contribution in [3.8, 4) is 5.75 Å². The van der Waals surface area contributed by atoms with Crippen LogP contribution in [0.1, 0.15) is 85.3 Å². The standard InChI is InChI=1S/C60H58N2O18/c1-34-44(77-55(67)50(79-56(68)74-32-36-18-10-6-11-19-36)48(37-20-12-7-13-21-37)61-53(65)38-22-14-8-15-23-38)31-60(70)52(80-54(66)39-24-16-9-17-25-39)47-42-33-73-43(42)30-45(78-57(69)76-41-28-26-40(27-29-41)62(71)72)59(47,5)51(64)49(75-35(2)63)46(34)58(60,3)4/h6-29,42-45,47-50,52,70H,30-33H2,1-5H3,(H,61,65)/t42-,43?,44+,45?,47?,48+,49-,50-,52+,59?,60-/m1/s1. The van der Waals surface area contributed by atoms with Gasteiger partial charge in [-0.25, -0.2) is 19.2 Å². The van der Waals surface area contributed by atoms with Gasteiger partial charge in [-0.1, -0.05) is 111 Å². The van der Waals surface area contributed by atoms with Gasteiger partial charge in [0.2, 0.25) is 6.10 Å². The van der Waals surface area contributed by atoms with Gasteiger partial charge >= 0.3 is 30.2 Å². The smallest absolute Gasteiger partial charge is 0.455 e. The quantitative estimate of drug-likeness (QED) is 0.0248. The monoisotopic (exact) mass is 1090 g/mol. The molecule has 1 aliphatic heterocycles. The van der Waals surface area contributed by atoms with Crippen LogP contribution in [0.15, 0.2) is 157 Å². The first-order valence-corrected chi connectivity index (χ1v) is 25.9. The van der Waals surface area contributed by atoms with Crippen molar-refractivity contribution in [2.45, 2.75) is 102 Å². The van der Waals surface area contributed by atoms with E-state index in [0.717, 1.165) is 19.1 Å². The van der Waals surface area contributed by atoms with Gasteiger partial charge in [0.05, 0.1) is 28.6 Å². The van der Waals surface area contributed by atoms with Crippen LogP contribution in [0.3, 0.4) is 0 Å². The summed E-state index contributed by atoms with van der Waals surface area (Å²) in [5.41, 5.74) is -5.21. The van der Waals surface area contributed by atoms with E-state index in [1.807, 2.05) is 0 Å². The lowest BCUT2D eigenvalue weighted by atomic mass is 9.45. The predicted octanol–water partition coefficient (Wildman–Crippen LogP) is 8.54. The van der Waals surface area contributed by atoms with Gasteiger partial charge in [-0.05, 0) is 72.5 Å². The van der Waals surface area contributed by atoms with Gasteiger partial charge in [0, 0.05) is 54.7 Å². The number of nitro benzene ring substituents is 1. The maximum atomic E-state index is 16.2. The van der Waals surface area contributed by atoms with E-state index >= 15 is 9.59 Å². The van der Waals surface area contributed by atoms with Crippen molar-refractivity contribution in [3.63, 3.8) is 0 Å². The highest BCUT2D eigenvalue weighted by molar-refractivity contribution is 5.96. The van der Waals surface area contributed by atoms with Crippen molar-refractivity contribution in [1.29, 1.82) is 0 Å². The number of nitrogens with zero attached hydrogens (tertiary/aromatic N) is 1. The summed E-state index contributed by atoms with van der Waals surface area (Å²) in [4.78, 5) is 112. The Balaban J connectivity index is 1.16. The molecule has 5 aromatic carbocycles. The van der Waals surface area contributed by atoms with Gasteiger partial charge in [0.25, 0.3) is 11.6 Å². The number of rotatable bonds is 15. The largest absolute Gasteiger partial charge is 0.514 e. The molecule has 3 aliphatic carbocycles. The fraction of sp³-hybridized carbons (Fsp3) is 0.350. The number of hydrogen-bond donors (Lipinski definition) is 2. The molecular weight excluding hydrogens is 1040 g/mol. The Morgan fingerprint density at radius 3 is 1.96 bits per heavy atom. The van der Waals surface area contributed by atoms with Gasteiger partial charge in [0.1, 0.15) is 42.3 Å². The number of ketones is 1. The van der Waals surface area contributed by atoms with Crippen molar-refractivity contribution >= 4 is 47.6 Å². The molecule has 80 heavy (non-hydrogen) atoms. The number of nitrogens with one attached hydrogen (secondary N) is 1. The number of hydrogen-bond acceptors (Lipinski definition) is 18. The number of benzene rings is 5. The van der Waals surface area contributed by atoms with E-state index in [-0.39, 0.29) is 53.3 Å². The molecule has 11 atom stereocenters. The number of ether oxygens (including phenoxy) is 8. The Labute approximate surface area is 459 Å². The molecule has 2 saturated carbocycles. The van der Waals surface area contributed by atoms with Crippen LogP contribution in [-0.4, -0.2) is 101 Å². The summed E-state index contributed by atoms with van der Waals surface area (Å²) >= 11 is 0. The Hall–Kier alpha value is -8.75. The van der Waals surface area contributed by atoms with E-state index in [1.165, 1.54) is 38.1 Å². The molecule has 9 rings (SSSR count). The number of amides is 1. The normalized spacial score (nSPS) is 26.1. The molecule has 416 valence electrons. The van der Waals surface area contributed by atoms with Crippen LogP contribution in [0.2, 0.25) is 0 Å². The average molecular weight is 1100 g/mol. The molecule has 1 heterocycles. The minimum atomic E-state index is -2.41. The van der Waals surface area contributed by atoms with E-state index in [1.54, 1.807) is 123 Å². The summed E-state index contributed by atoms with van der Waals surface area (Å²) in [6.45, 7) is 6.91. The second kappa shape index (κ2) is 22.9. The number of carbonyl (C=O) groups is 7. The van der Waals surface area contributed by atoms with E-state index in [9.17, 15) is 39.2 Å². The minimum absolute atomic E-state index is 0.0264. The number of carbonyl (C=O) groups excluding carboxylic acids is 7. The van der Waals surface area contributed by atoms with E-state index < -0.39 is 124 Å². The van der Waals surface area contributed by atoms with Gasteiger partial charge in [-0.2, -0.15) is 0 Å². The first-order chi connectivity index (χ1) is 38.2. The SMILES string of the molecule is CC(=O)O[C@H]1C(=O)C2(C)C(OC(=O)Oc3ccc([N+](=O)[O-])cc3)CC3OC[C@H]3C2[C@H](OC(=O)c2ccccc2)[C@]2(O)C[C@H](OC(=O)[C@H](OC(=O)OCc3ccccc3)[C@@H](NC(=O)c3ccccc3)c3ccccc3)C(C)=C1C2(C)C. The molecule has 20 nitrogen and oxygen atoms in total. The van der Waals surface area contributed by atoms with E-state index in [0.29, 0.717) is 11.1 Å². The summed E-state index contributed by atoms with van der Waals surface area (Å²) in [6, 6.07) is 35.9. The molecule has 0 radical (unpaired) electrons. The molecule has 1 amide bonds. The predicted molar refractivity (Wildman–Crippen MR) is 280 cm³/mol. The number of Topliss-reactive ketones (excluding diaryl/α,β-unsaturated/α-hetero) is 1. The molecule has 1 saturated heterocycles. The van der Waals surface area contributed by atoms with Crippen molar-refractivity contribution in [2.24, 2.45) is 22.7 Å². The molecule has 5 aromatic rings. The van der Waals surface area contributed by atoms with E-state index in [4.69, 9.17) is 37.9 Å². The zero-order valence-electron chi connectivity index (χ0n) is 44.2.